The van der Waals surface area contributed by atoms with Crippen LogP contribution in [0.25, 0.3) is 0 Å². The zero-order valence-electron chi connectivity index (χ0n) is 11.0. The fraction of sp³-hybridized carbons (Fsp3) is 0.571. The first kappa shape index (κ1) is 13.6. The lowest BCUT2D eigenvalue weighted by molar-refractivity contribution is 0.327. The molecular formula is C14H21NO2S. The van der Waals surface area contributed by atoms with Crippen molar-refractivity contribution in [3.05, 3.63) is 29.8 Å². The quantitative estimate of drug-likeness (QED) is 0.915. The summed E-state index contributed by atoms with van der Waals surface area (Å²) in [6, 6.07) is 7.22. The second-order valence-corrected chi connectivity index (χ2v) is 7.04. The van der Waals surface area contributed by atoms with E-state index in [1.54, 1.807) is 12.1 Å². The van der Waals surface area contributed by atoms with E-state index >= 15 is 0 Å². The van der Waals surface area contributed by atoms with Crippen LogP contribution in [0, 0.1) is 12.8 Å². The van der Waals surface area contributed by atoms with E-state index < -0.39 is 10.0 Å². The van der Waals surface area contributed by atoms with E-state index in [-0.39, 0.29) is 6.04 Å². The molecule has 1 aliphatic carbocycles. The average molecular weight is 267 g/mol. The van der Waals surface area contributed by atoms with Crippen LogP contribution >= 0.6 is 0 Å². The number of rotatable bonds is 3. The Hall–Kier alpha value is -0.870. The van der Waals surface area contributed by atoms with Crippen molar-refractivity contribution >= 4 is 10.0 Å². The molecule has 2 atom stereocenters. The Morgan fingerprint density at radius 3 is 2.61 bits per heavy atom. The van der Waals surface area contributed by atoms with Crippen LogP contribution in [-0.4, -0.2) is 14.5 Å². The van der Waals surface area contributed by atoms with Crippen LogP contribution in [0.1, 0.15) is 38.2 Å². The van der Waals surface area contributed by atoms with Gasteiger partial charge in [-0.25, -0.2) is 13.1 Å². The van der Waals surface area contributed by atoms with Gasteiger partial charge >= 0.3 is 0 Å². The zero-order chi connectivity index (χ0) is 13.2. The van der Waals surface area contributed by atoms with Crippen molar-refractivity contribution in [2.75, 3.05) is 0 Å². The van der Waals surface area contributed by atoms with Gasteiger partial charge in [-0.05, 0) is 37.3 Å². The van der Waals surface area contributed by atoms with E-state index in [0.717, 1.165) is 24.8 Å². The van der Waals surface area contributed by atoms with Gasteiger partial charge in [0.1, 0.15) is 0 Å². The molecule has 3 nitrogen and oxygen atoms in total. The Morgan fingerprint density at radius 1 is 1.22 bits per heavy atom. The molecular weight excluding hydrogens is 246 g/mol. The lowest BCUT2D eigenvalue weighted by Gasteiger charge is -2.27. The fourth-order valence-electron chi connectivity index (χ4n) is 2.68. The molecule has 0 radical (unpaired) electrons. The molecule has 2 rings (SSSR count). The average Bonchev–Trinajstić information content (AvgIpc) is 2.28. The molecule has 0 spiro atoms. The maximum absolute atomic E-state index is 12.3. The van der Waals surface area contributed by atoms with Gasteiger partial charge in [-0.1, -0.05) is 38.0 Å². The van der Waals surface area contributed by atoms with Gasteiger partial charge in [0.05, 0.1) is 4.90 Å². The van der Waals surface area contributed by atoms with Crippen LogP contribution in [0.5, 0.6) is 0 Å². The first-order valence-electron chi connectivity index (χ1n) is 6.57. The Bertz CT molecular complexity index is 510. The van der Waals surface area contributed by atoms with Crippen molar-refractivity contribution in [2.24, 2.45) is 5.92 Å². The number of aryl methyl sites for hydroxylation is 1. The second kappa shape index (κ2) is 5.41. The van der Waals surface area contributed by atoms with E-state index in [1.165, 1.54) is 6.42 Å². The number of sulfonamides is 1. The third kappa shape index (κ3) is 3.12. The third-order valence-corrected chi connectivity index (χ3v) is 5.32. The minimum atomic E-state index is -3.36. The molecule has 0 heterocycles. The summed E-state index contributed by atoms with van der Waals surface area (Å²) in [4.78, 5) is 0.406. The van der Waals surface area contributed by atoms with Crippen molar-refractivity contribution in [1.82, 2.24) is 4.72 Å². The Labute approximate surface area is 110 Å². The van der Waals surface area contributed by atoms with Crippen LogP contribution in [-0.2, 0) is 10.0 Å². The van der Waals surface area contributed by atoms with Gasteiger partial charge in [-0.2, -0.15) is 0 Å². The molecule has 18 heavy (non-hydrogen) atoms. The normalized spacial score (nSPS) is 25.0. The minimum absolute atomic E-state index is 0.0957. The van der Waals surface area contributed by atoms with Crippen LogP contribution in [0.3, 0.4) is 0 Å². The molecule has 2 unspecified atom stereocenters. The van der Waals surface area contributed by atoms with Gasteiger partial charge < -0.3 is 0 Å². The summed E-state index contributed by atoms with van der Waals surface area (Å²) in [7, 11) is -3.36. The van der Waals surface area contributed by atoms with Crippen LogP contribution in [0.4, 0.5) is 0 Å². The van der Waals surface area contributed by atoms with Crippen molar-refractivity contribution in [1.29, 1.82) is 0 Å². The summed E-state index contributed by atoms with van der Waals surface area (Å²) in [6.45, 7) is 4.02. The first-order chi connectivity index (χ1) is 8.49. The summed E-state index contributed by atoms with van der Waals surface area (Å²) in [5, 5.41) is 0. The molecule has 0 aromatic heterocycles. The Kier molecular flexibility index (Phi) is 4.07. The lowest BCUT2D eigenvalue weighted by Crippen LogP contribution is -2.38. The highest BCUT2D eigenvalue weighted by Gasteiger charge is 2.25. The van der Waals surface area contributed by atoms with Gasteiger partial charge in [0.15, 0.2) is 0 Å². The molecule has 1 aliphatic rings. The molecule has 1 fully saturated rings. The predicted molar refractivity (Wildman–Crippen MR) is 72.9 cm³/mol. The summed E-state index contributed by atoms with van der Waals surface area (Å²) in [6.07, 6.45) is 4.23. The topological polar surface area (TPSA) is 46.2 Å². The van der Waals surface area contributed by atoms with Crippen LogP contribution in [0.15, 0.2) is 29.2 Å². The zero-order valence-corrected chi connectivity index (χ0v) is 11.8. The number of nitrogens with one attached hydrogen (secondary N) is 1. The highest BCUT2D eigenvalue weighted by molar-refractivity contribution is 7.89. The Morgan fingerprint density at radius 2 is 1.94 bits per heavy atom. The van der Waals surface area contributed by atoms with E-state index in [4.69, 9.17) is 0 Å². The maximum Gasteiger partial charge on any atom is 0.241 e. The number of hydrogen-bond donors (Lipinski definition) is 1. The Balaban J connectivity index is 2.15. The molecule has 1 aromatic carbocycles. The second-order valence-electron chi connectivity index (χ2n) is 5.36. The molecule has 1 saturated carbocycles. The van der Waals surface area contributed by atoms with Crippen molar-refractivity contribution in [2.45, 2.75) is 50.5 Å². The highest BCUT2D eigenvalue weighted by Crippen LogP contribution is 2.25. The van der Waals surface area contributed by atoms with E-state index in [9.17, 15) is 8.42 Å². The fourth-order valence-corrected chi connectivity index (χ4v) is 4.21. The molecule has 0 saturated heterocycles. The molecule has 100 valence electrons. The number of benzene rings is 1. The molecule has 0 aliphatic heterocycles. The summed E-state index contributed by atoms with van der Waals surface area (Å²) in [5.74, 6) is 0.614. The SMILES string of the molecule is Cc1ccccc1S(=O)(=O)NC1CCCC(C)C1. The van der Waals surface area contributed by atoms with Crippen molar-refractivity contribution in [3.63, 3.8) is 0 Å². The number of hydrogen-bond acceptors (Lipinski definition) is 2. The lowest BCUT2D eigenvalue weighted by atomic mass is 9.88. The monoisotopic (exact) mass is 267 g/mol. The minimum Gasteiger partial charge on any atom is -0.208 e. The van der Waals surface area contributed by atoms with Crippen molar-refractivity contribution < 1.29 is 8.42 Å². The standard InChI is InChI=1S/C14H21NO2S/c1-11-6-5-8-13(10-11)15-18(16,17)14-9-4-3-7-12(14)2/h3-4,7,9,11,13,15H,5-6,8,10H2,1-2H3. The predicted octanol–water partition coefficient (Wildman–Crippen LogP) is 2.85. The summed E-state index contributed by atoms with van der Waals surface area (Å²) < 4.78 is 27.5. The molecule has 0 bridgehead atoms. The van der Waals surface area contributed by atoms with Crippen LogP contribution in [0.2, 0.25) is 0 Å². The molecule has 1 N–H and O–H groups in total. The first-order valence-corrected chi connectivity index (χ1v) is 8.05. The van der Waals surface area contributed by atoms with E-state index in [1.807, 2.05) is 19.1 Å². The molecule has 0 amide bonds. The van der Waals surface area contributed by atoms with E-state index in [2.05, 4.69) is 11.6 Å². The van der Waals surface area contributed by atoms with Gasteiger partial charge in [-0.15, -0.1) is 0 Å². The van der Waals surface area contributed by atoms with E-state index in [0.29, 0.717) is 10.8 Å². The van der Waals surface area contributed by atoms with Gasteiger partial charge in [0, 0.05) is 6.04 Å². The van der Waals surface area contributed by atoms with Gasteiger partial charge in [0.25, 0.3) is 0 Å². The summed E-state index contributed by atoms with van der Waals surface area (Å²) >= 11 is 0. The highest BCUT2D eigenvalue weighted by atomic mass is 32.2. The van der Waals surface area contributed by atoms with Crippen LogP contribution < -0.4 is 4.72 Å². The maximum atomic E-state index is 12.3. The largest absolute Gasteiger partial charge is 0.241 e. The smallest absolute Gasteiger partial charge is 0.208 e. The molecule has 4 heteroatoms. The van der Waals surface area contributed by atoms with Crippen molar-refractivity contribution in [3.8, 4) is 0 Å². The van der Waals surface area contributed by atoms with Gasteiger partial charge in [0.2, 0.25) is 10.0 Å². The van der Waals surface area contributed by atoms with Gasteiger partial charge in [-0.3, -0.25) is 0 Å². The third-order valence-electron chi connectivity index (χ3n) is 3.64. The summed E-state index contributed by atoms with van der Waals surface area (Å²) in [5.41, 5.74) is 0.800. The molecule has 1 aromatic rings.